The van der Waals surface area contributed by atoms with E-state index in [-0.39, 0.29) is 22.6 Å². The lowest BCUT2D eigenvalue weighted by molar-refractivity contribution is 0.558. The molecule has 8 nitrogen and oxygen atoms in total. The summed E-state index contributed by atoms with van der Waals surface area (Å²) in [5.41, 5.74) is 4.38. The van der Waals surface area contributed by atoms with Crippen LogP contribution in [0, 0.1) is 31.0 Å². The monoisotopic (exact) mass is 488 g/mol. The summed E-state index contributed by atoms with van der Waals surface area (Å²) in [5.74, 6) is -0.272. The van der Waals surface area contributed by atoms with Crippen LogP contribution in [0.5, 0.6) is 0 Å². The highest BCUT2D eigenvalue weighted by Gasteiger charge is 2.23. The molecule has 0 saturated heterocycles. The second kappa shape index (κ2) is 8.77. The lowest BCUT2D eigenvalue weighted by Crippen LogP contribution is -2.02. The van der Waals surface area contributed by atoms with Crippen molar-refractivity contribution in [2.75, 3.05) is 0 Å². The number of benzene rings is 4. The molecule has 6 aromatic rings. The Morgan fingerprint density at radius 3 is 2.05 bits per heavy atom. The van der Waals surface area contributed by atoms with Crippen LogP contribution in [0.4, 0.5) is 0 Å². The summed E-state index contributed by atoms with van der Waals surface area (Å²) < 4.78 is 12.2. The SMILES string of the molecule is [C-]#[N+]C([N+]#[C-])=c1nc2cc3cc(-c4ccccc4)c4n/c(=C(\C#N)[N+]#[C-])oc4c3c(-c3ccccc3)c2o1. The maximum absolute atomic E-state index is 9.50. The Morgan fingerprint density at radius 1 is 0.763 bits per heavy atom. The molecule has 0 radical (unpaired) electrons. The van der Waals surface area contributed by atoms with E-state index >= 15 is 0 Å². The van der Waals surface area contributed by atoms with Gasteiger partial charge in [0, 0.05) is 16.5 Å². The molecule has 2 aromatic heterocycles. The van der Waals surface area contributed by atoms with Gasteiger partial charge in [-0.2, -0.15) is 0 Å². The summed E-state index contributed by atoms with van der Waals surface area (Å²) >= 11 is 0. The van der Waals surface area contributed by atoms with Gasteiger partial charge in [-0.25, -0.2) is 20.1 Å². The molecule has 0 saturated carbocycles. The second-order valence-corrected chi connectivity index (χ2v) is 8.19. The number of oxazole rings is 2. The molecule has 0 bridgehead atoms. The molecule has 2 heterocycles. The van der Waals surface area contributed by atoms with Crippen molar-refractivity contribution in [1.29, 1.82) is 5.26 Å². The lowest BCUT2D eigenvalue weighted by Gasteiger charge is -2.11. The maximum atomic E-state index is 9.50. The van der Waals surface area contributed by atoms with Gasteiger partial charge in [-0.05, 0) is 28.6 Å². The Kier molecular flexibility index (Phi) is 5.14. The number of fused-ring (bicyclic) bond motifs is 4. The average molecular weight is 488 g/mol. The van der Waals surface area contributed by atoms with Gasteiger partial charge in [0.25, 0.3) is 0 Å². The van der Waals surface area contributed by atoms with Gasteiger partial charge in [-0.15, -0.1) is 9.69 Å². The molecular formula is C30H12N6O2. The Balaban J connectivity index is 1.91. The minimum atomic E-state index is -0.272. The van der Waals surface area contributed by atoms with Crippen LogP contribution < -0.4 is 11.1 Å². The Bertz CT molecular complexity index is 2180. The standard InChI is InChI=1S/C30H12N6O2/c1-32-22(16-31)29-36-25-20(17-10-6-4-7-11-17)14-19-15-21-26(37-30(35-21)28(33-2)34-3)23(24(19)27(25)38-29)18-12-8-5-9-13-18/h4-15H/b29-22-. The minimum absolute atomic E-state index is 0.0663. The molecule has 0 aliphatic rings. The van der Waals surface area contributed by atoms with E-state index in [4.69, 9.17) is 28.6 Å². The van der Waals surface area contributed by atoms with Crippen molar-refractivity contribution in [3.8, 4) is 28.3 Å². The van der Waals surface area contributed by atoms with Crippen molar-refractivity contribution in [1.82, 2.24) is 9.97 Å². The summed E-state index contributed by atoms with van der Waals surface area (Å²) in [6.07, 6.45) is 0. The average Bonchev–Trinajstić information content (AvgIpc) is 3.58. The quantitative estimate of drug-likeness (QED) is 0.283. The van der Waals surface area contributed by atoms with Crippen LogP contribution in [0.3, 0.4) is 0 Å². The zero-order chi connectivity index (χ0) is 26.2. The highest BCUT2D eigenvalue weighted by molar-refractivity contribution is 6.20. The van der Waals surface area contributed by atoms with Crippen LogP contribution >= 0.6 is 0 Å². The highest BCUT2D eigenvalue weighted by atomic mass is 16.3. The van der Waals surface area contributed by atoms with E-state index in [9.17, 15) is 5.26 Å². The molecule has 0 aliphatic carbocycles. The van der Waals surface area contributed by atoms with E-state index in [1.807, 2.05) is 78.9 Å². The van der Waals surface area contributed by atoms with Gasteiger partial charge in [0.15, 0.2) is 11.2 Å². The zero-order valence-electron chi connectivity index (χ0n) is 19.4. The molecule has 0 fully saturated rings. The molecule has 6 rings (SSSR count). The summed E-state index contributed by atoms with van der Waals surface area (Å²) in [5, 5.41) is 10.9. The van der Waals surface area contributed by atoms with Crippen molar-refractivity contribution in [3.63, 3.8) is 0 Å². The van der Waals surface area contributed by atoms with Crippen LogP contribution in [-0.4, -0.2) is 9.97 Å². The molecule has 0 aliphatic heterocycles. The lowest BCUT2D eigenvalue weighted by atomic mass is 9.93. The molecule has 0 amide bonds. The van der Waals surface area contributed by atoms with Crippen LogP contribution in [-0.2, 0) is 0 Å². The fraction of sp³-hybridized carbons (Fsp3) is 0. The van der Waals surface area contributed by atoms with E-state index in [1.165, 1.54) is 0 Å². The van der Waals surface area contributed by atoms with Gasteiger partial charge in [-0.1, -0.05) is 60.7 Å². The van der Waals surface area contributed by atoms with E-state index in [1.54, 1.807) is 0 Å². The fourth-order valence-corrected chi connectivity index (χ4v) is 4.50. The predicted molar refractivity (Wildman–Crippen MR) is 141 cm³/mol. The van der Waals surface area contributed by atoms with Gasteiger partial charge < -0.3 is 8.83 Å². The smallest absolute Gasteiger partial charge is 0.445 e. The van der Waals surface area contributed by atoms with E-state index in [0.29, 0.717) is 33.1 Å². The molecule has 0 atom stereocenters. The molecule has 0 N–H and O–H groups in total. The number of hydrogen-bond donors (Lipinski definition) is 0. The molecule has 38 heavy (non-hydrogen) atoms. The first-order chi connectivity index (χ1) is 18.7. The fourth-order valence-electron chi connectivity index (χ4n) is 4.50. The number of nitrogens with zero attached hydrogens (tertiary/aromatic N) is 6. The Labute approximate surface area is 215 Å². The molecule has 0 unspecified atom stereocenters. The summed E-state index contributed by atoms with van der Waals surface area (Å²) in [6.45, 7) is 22.1. The maximum Gasteiger partial charge on any atom is 0.582 e. The van der Waals surface area contributed by atoms with Crippen LogP contribution in [0.25, 0.3) is 81.3 Å². The third kappa shape index (κ3) is 3.35. The Morgan fingerprint density at radius 2 is 1.42 bits per heavy atom. The van der Waals surface area contributed by atoms with Crippen LogP contribution in [0.15, 0.2) is 81.6 Å². The van der Waals surface area contributed by atoms with Crippen molar-refractivity contribution >= 4 is 44.5 Å². The van der Waals surface area contributed by atoms with Crippen molar-refractivity contribution in [2.24, 2.45) is 0 Å². The zero-order valence-corrected chi connectivity index (χ0v) is 19.4. The first-order valence-corrected chi connectivity index (χ1v) is 11.3. The minimum Gasteiger partial charge on any atom is -0.445 e. The van der Waals surface area contributed by atoms with E-state index in [2.05, 4.69) is 24.5 Å². The summed E-state index contributed by atoms with van der Waals surface area (Å²) in [6, 6.07) is 24.7. The van der Waals surface area contributed by atoms with E-state index < -0.39 is 0 Å². The number of aromatic nitrogens is 2. The first-order valence-electron chi connectivity index (χ1n) is 11.3. The largest absolute Gasteiger partial charge is 0.582 e. The van der Waals surface area contributed by atoms with Crippen molar-refractivity contribution < 1.29 is 8.83 Å². The molecule has 174 valence electrons. The normalized spacial score (nSPS) is 11.5. The van der Waals surface area contributed by atoms with E-state index in [0.717, 1.165) is 22.1 Å². The predicted octanol–water partition coefficient (Wildman–Crippen LogP) is 5.91. The molecule has 8 heteroatoms. The van der Waals surface area contributed by atoms with Crippen LogP contribution in [0.1, 0.15) is 0 Å². The van der Waals surface area contributed by atoms with Gasteiger partial charge >= 0.3 is 17.1 Å². The van der Waals surface area contributed by atoms with Crippen LogP contribution in [0.2, 0.25) is 0 Å². The first kappa shape index (κ1) is 22.3. The molecule has 4 aromatic carbocycles. The number of hydrogen-bond acceptors (Lipinski definition) is 5. The number of rotatable bonds is 2. The van der Waals surface area contributed by atoms with Crippen molar-refractivity contribution in [3.05, 3.63) is 118 Å². The number of nitriles is 1. The topological polar surface area (TPSA) is 88.9 Å². The highest BCUT2D eigenvalue weighted by Crippen LogP contribution is 2.42. The molecule has 0 spiro atoms. The van der Waals surface area contributed by atoms with Crippen molar-refractivity contribution in [2.45, 2.75) is 0 Å². The van der Waals surface area contributed by atoms with Gasteiger partial charge in [-0.3, -0.25) is 0 Å². The second-order valence-electron chi connectivity index (χ2n) is 8.19. The molecular weight excluding hydrogens is 476 g/mol. The summed E-state index contributed by atoms with van der Waals surface area (Å²) in [7, 11) is 0. The van der Waals surface area contributed by atoms with Gasteiger partial charge in [0.1, 0.15) is 24.2 Å². The third-order valence-electron chi connectivity index (χ3n) is 6.09. The van der Waals surface area contributed by atoms with Gasteiger partial charge in [0.2, 0.25) is 5.55 Å². The van der Waals surface area contributed by atoms with Gasteiger partial charge in [0.05, 0.1) is 12.6 Å². The third-order valence-corrected chi connectivity index (χ3v) is 6.09. The Hall–Kier alpha value is -6.22. The summed E-state index contributed by atoms with van der Waals surface area (Å²) in [4.78, 5) is 18.9.